The predicted octanol–water partition coefficient (Wildman–Crippen LogP) is 2.79. The van der Waals surface area contributed by atoms with Crippen LogP contribution in [-0.2, 0) is 4.79 Å². The number of fused-ring (bicyclic) bond motifs is 3. The lowest BCUT2D eigenvalue weighted by Crippen LogP contribution is -2.66. The molecule has 1 aromatic rings. The van der Waals surface area contributed by atoms with Crippen LogP contribution >= 0.6 is 0 Å². The van der Waals surface area contributed by atoms with Gasteiger partial charge in [0.05, 0.1) is 5.56 Å². The van der Waals surface area contributed by atoms with Crippen LogP contribution in [0.25, 0.3) is 0 Å². The Morgan fingerprint density at radius 3 is 2.79 bits per heavy atom. The smallest absolute Gasteiger partial charge is 0.258 e. The van der Waals surface area contributed by atoms with Crippen LogP contribution in [0.4, 0.5) is 0 Å². The van der Waals surface area contributed by atoms with Gasteiger partial charge in [-0.3, -0.25) is 9.59 Å². The third-order valence-corrected chi connectivity index (χ3v) is 7.15. The monoisotopic (exact) mass is 399 g/mol. The van der Waals surface area contributed by atoms with E-state index in [9.17, 15) is 9.59 Å². The summed E-state index contributed by atoms with van der Waals surface area (Å²) >= 11 is 0. The van der Waals surface area contributed by atoms with E-state index in [1.54, 1.807) is 6.07 Å². The van der Waals surface area contributed by atoms with Gasteiger partial charge in [0.15, 0.2) is 5.72 Å². The lowest BCUT2D eigenvalue weighted by molar-refractivity contribution is -0.146. The van der Waals surface area contributed by atoms with Gasteiger partial charge in [-0.25, -0.2) is 0 Å². The summed E-state index contributed by atoms with van der Waals surface area (Å²) in [5.74, 6) is 1.25. The Balaban J connectivity index is 1.36. The molecule has 5 rings (SSSR count). The Bertz CT molecular complexity index is 763. The van der Waals surface area contributed by atoms with E-state index in [2.05, 4.69) is 29.4 Å². The number of hydrogen-bond acceptors (Lipinski definition) is 4. The molecule has 1 heterocycles. The lowest BCUT2D eigenvalue weighted by atomic mass is 9.60. The molecular weight excluding hydrogens is 366 g/mol. The van der Waals surface area contributed by atoms with Crippen molar-refractivity contribution in [2.24, 2.45) is 17.8 Å². The maximum atomic E-state index is 12.9. The Morgan fingerprint density at radius 1 is 1.28 bits per heavy atom. The van der Waals surface area contributed by atoms with Crippen LogP contribution < -0.4 is 15.4 Å². The summed E-state index contributed by atoms with van der Waals surface area (Å²) < 4.78 is 6.37. The number of nitrogens with one attached hydrogen (secondary N) is 2. The molecule has 29 heavy (non-hydrogen) atoms. The summed E-state index contributed by atoms with van der Waals surface area (Å²) in [6.07, 6.45) is 4.52. The van der Waals surface area contributed by atoms with E-state index in [1.807, 2.05) is 18.2 Å². The van der Waals surface area contributed by atoms with Crippen molar-refractivity contribution in [3.63, 3.8) is 0 Å². The molecule has 2 N–H and O–H groups in total. The lowest BCUT2D eigenvalue weighted by Gasteiger charge is -2.55. The predicted molar refractivity (Wildman–Crippen MR) is 112 cm³/mol. The summed E-state index contributed by atoms with van der Waals surface area (Å²) in [6, 6.07) is 7.43. The number of carbonyl (C=O) groups excluding carboxylic acids is 2. The second-order valence-corrected chi connectivity index (χ2v) is 8.69. The number of rotatable bonds is 7. The Morgan fingerprint density at radius 2 is 2.07 bits per heavy atom. The molecule has 1 spiro atoms. The van der Waals surface area contributed by atoms with Gasteiger partial charge in [-0.2, -0.15) is 0 Å². The van der Waals surface area contributed by atoms with Crippen molar-refractivity contribution in [2.75, 3.05) is 26.2 Å². The number of benzene rings is 1. The van der Waals surface area contributed by atoms with Gasteiger partial charge >= 0.3 is 0 Å². The van der Waals surface area contributed by atoms with Crippen molar-refractivity contribution in [2.45, 2.75) is 51.7 Å². The highest BCUT2D eigenvalue weighted by Crippen LogP contribution is 2.52. The zero-order chi connectivity index (χ0) is 20.4. The van der Waals surface area contributed by atoms with Gasteiger partial charge in [0.1, 0.15) is 5.75 Å². The van der Waals surface area contributed by atoms with E-state index < -0.39 is 5.72 Å². The summed E-state index contributed by atoms with van der Waals surface area (Å²) in [5, 5.41) is 6.32. The molecule has 4 aliphatic rings. The molecule has 4 atom stereocenters. The quantitative estimate of drug-likeness (QED) is 0.692. The maximum Gasteiger partial charge on any atom is 0.258 e. The van der Waals surface area contributed by atoms with Crippen LogP contribution in [-0.4, -0.2) is 48.6 Å². The SMILES string of the molecule is CCN(CC)CCCNC(=O)C1CC2CCC1CC21NC(=O)c2ccccc2O1. The summed E-state index contributed by atoms with van der Waals surface area (Å²) in [5.41, 5.74) is -0.0458. The minimum atomic E-state index is -0.645. The summed E-state index contributed by atoms with van der Waals surface area (Å²) in [4.78, 5) is 27.9. The molecule has 4 unspecified atom stereocenters. The normalized spacial score (nSPS) is 30.0. The molecule has 3 fully saturated rings. The minimum Gasteiger partial charge on any atom is -0.467 e. The van der Waals surface area contributed by atoms with Gasteiger partial charge in [-0.15, -0.1) is 0 Å². The number of carbonyl (C=O) groups is 2. The molecular formula is C23H33N3O3. The van der Waals surface area contributed by atoms with E-state index in [0.717, 1.165) is 58.3 Å². The van der Waals surface area contributed by atoms with Crippen LogP contribution in [0, 0.1) is 17.8 Å². The molecule has 6 nitrogen and oxygen atoms in total. The first-order valence-corrected chi connectivity index (χ1v) is 11.2. The highest BCUT2D eigenvalue weighted by Gasteiger charge is 2.57. The fourth-order valence-corrected chi connectivity index (χ4v) is 5.47. The molecule has 2 bridgehead atoms. The second kappa shape index (κ2) is 8.34. The molecule has 0 saturated heterocycles. The van der Waals surface area contributed by atoms with E-state index in [1.165, 1.54) is 0 Å². The molecule has 0 aromatic heterocycles. The third kappa shape index (κ3) is 3.87. The van der Waals surface area contributed by atoms with Crippen LogP contribution in [0.1, 0.15) is 56.3 Å². The van der Waals surface area contributed by atoms with Gasteiger partial charge in [0.25, 0.3) is 5.91 Å². The van der Waals surface area contributed by atoms with Crippen molar-refractivity contribution >= 4 is 11.8 Å². The average Bonchev–Trinajstić information content (AvgIpc) is 2.74. The molecule has 3 saturated carbocycles. The molecule has 2 amide bonds. The molecule has 1 aromatic carbocycles. The number of ether oxygens (including phenoxy) is 1. The number of nitrogens with zero attached hydrogens (tertiary/aromatic N) is 1. The van der Waals surface area contributed by atoms with Gasteiger partial charge in [0, 0.05) is 24.8 Å². The molecule has 6 heteroatoms. The van der Waals surface area contributed by atoms with Gasteiger partial charge in [0.2, 0.25) is 5.91 Å². The van der Waals surface area contributed by atoms with E-state index in [0.29, 0.717) is 11.3 Å². The fraction of sp³-hybridized carbons (Fsp3) is 0.652. The van der Waals surface area contributed by atoms with Crippen LogP contribution in [0.3, 0.4) is 0 Å². The first kappa shape index (κ1) is 20.2. The minimum absolute atomic E-state index is 0.0329. The van der Waals surface area contributed by atoms with Crippen molar-refractivity contribution in [1.29, 1.82) is 0 Å². The van der Waals surface area contributed by atoms with E-state index in [4.69, 9.17) is 4.74 Å². The van der Waals surface area contributed by atoms with E-state index in [-0.39, 0.29) is 29.6 Å². The van der Waals surface area contributed by atoms with Crippen LogP contribution in [0.5, 0.6) is 5.75 Å². The zero-order valence-electron chi connectivity index (χ0n) is 17.6. The number of amides is 2. The zero-order valence-corrected chi connectivity index (χ0v) is 17.6. The molecule has 3 aliphatic carbocycles. The van der Waals surface area contributed by atoms with Crippen molar-refractivity contribution < 1.29 is 14.3 Å². The summed E-state index contributed by atoms with van der Waals surface area (Å²) in [7, 11) is 0. The van der Waals surface area contributed by atoms with E-state index >= 15 is 0 Å². The van der Waals surface area contributed by atoms with Crippen molar-refractivity contribution in [3.05, 3.63) is 29.8 Å². The molecule has 158 valence electrons. The standard InChI is InChI=1S/C23H33N3O3/c1-3-26(4-2)13-7-12-24-21(27)19-14-17-11-10-16(19)15-23(17)25-22(28)18-8-5-6-9-20(18)29-23/h5-6,8-9,16-17,19H,3-4,7,10-15H2,1-2H3,(H,24,27)(H,25,28). The first-order chi connectivity index (χ1) is 14.1. The first-order valence-electron chi connectivity index (χ1n) is 11.2. The topological polar surface area (TPSA) is 70.7 Å². The average molecular weight is 400 g/mol. The maximum absolute atomic E-state index is 12.9. The second-order valence-electron chi connectivity index (χ2n) is 8.69. The third-order valence-electron chi connectivity index (χ3n) is 7.15. The van der Waals surface area contributed by atoms with Gasteiger partial charge < -0.3 is 20.3 Å². The van der Waals surface area contributed by atoms with Gasteiger partial charge in [-0.05, 0) is 63.4 Å². The van der Waals surface area contributed by atoms with Crippen molar-refractivity contribution in [3.8, 4) is 5.75 Å². The van der Waals surface area contributed by atoms with Crippen LogP contribution in [0.15, 0.2) is 24.3 Å². The number of para-hydroxylation sites is 1. The van der Waals surface area contributed by atoms with Gasteiger partial charge in [-0.1, -0.05) is 26.0 Å². The molecule has 1 aliphatic heterocycles. The van der Waals surface area contributed by atoms with Crippen molar-refractivity contribution in [1.82, 2.24) is 15.5 Å². The Labute approximate surface area is 173 Å². The highest BCUT2D eigenvalue weighted by molar-refractivity contribution is 5.98. The summed E-state index contributed by atoms with van der Waals surface area (Å²) in [6.45, 7) is 8.19. The highest BCUT2D eigenvalue weighted by atomic mass is 16.5. The largest absolute Gasteiger partial charge is 0.467 e. The number of hydrogen-bond donors (Lipinski definition) is 2. The van der Waals surface area contributed by atoms with Crippen LogP contribution in [0.2, 0.25) is 0 Å². The molecule has 0 radical (unpaired) electrons. The Kier molecular flexibility index (Phi) is 5.81. The Hall–Kier alpha value is -2.08. The fourth-order valence-electron chi connectivity index (χ4n) is 5.47.